The van der Waals surface area contributed by atoms with Crippen LogP contribution >= 0.6 is 12.4 Å². The summed E-state index contributed by atoms with van der Waals surface area (Å²) < 4.78 is 0. The van der Waals surface area contributed by atoms with Gasteiger partial charge in [0.1, 0.15) is 5.54 Å². The summed E-state index contributed by atoms with van der Waals surface area (Å²) in [5, 5.41) is 8.19. The van der Waals surface area contributed by atoms with Crippen LogP contribution in [-0.4, -0.2) is 29.6 Å². The minimum atomic E-state index is -1.04. The van der Waals surface area contributed by atoms with Crippen LogP contribution in [0.5, 0.6) is 0 Å². The molecule has 5 N–H and O–H groups in total. The number of nitrogens with two attached hydrogens (primary N) is 1. The monoisotopic (exact) mass is 356 g/mol. The fourth-order valence-electron chi connectivity index (χ4n) is 2.00. The number of urea groups is 1. The molecule has 0 aliphatic carbocycles. The molecular formula is C17H29ClN4O2. The van der Waals surface area contributed by atoms with E-state index in [0.717, 1.165) is 12.8 Å². The Kier molecular flexibility index (Phi) is 8.78. The molecule has 0 atom stereocenters. The highest BCUT2D eigenvalue weighted by molar-refractivity contribution is 5.95. The highest BCUT2D eigenvalue weighted by atomic mass is 35.5. The molecule has 24 heavy (non-hydrogen) atoms. The Morgan fingerprint density at radius 3 is 2.12 bits per heavy atom. The SMILES string of the molecule is CCC(N)(CC)CNC(=O)C(C)(C)NC(=O)Nc1ccccc1.Cl. The average molecular weight is 357 g/mol. The predicted octanol–water partition coefficient (Wildman–Crippen LogP) is 2.64. The molecule has 0 heterocycles. The van der Waals surface area contributed by atoms with Gasteiger partial charge in [-0.25, -0.2) is 4.79 Å². The van der Waals surface area contributed by atoms with Crippen molar-refractivity contribution in [2.75, 3.05) is 11.9 Å². The molecule has 0 aliphatic rings. The van der Waals surface area contributed by atoms with Gasteiger partial charge in [-0.2, -0.15) is 0 Å². The van der Waals surface area contributed by atoms with E-state index in [1.54, 1.807) is 26.0 Å². The molecule has 0 unspecified atom stereocenters. The van der Waals surface area contributed by atoms with Gasteiger partial charge in [0.05, 0.1) is 0 Å². The van der Waals surface area contributed by atoms with E-state index in [4.69, 9.17) is 5.73 Å². The lowest BCUT2D eigenvalue weighted by Crippen LogP contribution is -2.59. The normalized spacial score (nSPS) is 11.2. The van der Waals surface area contributed by atoms with Gasteiger partial charge < -0.3 is 21.7 Å². The third-order valence-electron chi connectivity index (χ3n) is 4.03. The third-order valence-corrected chi connectivity index (χ3v) is 4.03. The van der Waals surface area contributed by atoms with Gasteiger partial charge in [0, 0.05) is 17.8 Å². The van der Waals surface area contributed by atoms with Gasteiger partial charge in [-0.1, -0.05) is 32.0 Å². The minimum Gasteiger partial charge on any atom is -0.352 e. The van der Waals surface area contributed by atoms with Gasteiger partial charge >= 0.3 is 6.03 Å². The van der Waals surface area contributed by atoms with Crippen molar-refractivity contribution >= 4 is 30.0 Å². The van der Waals surface area contributed by atoms with Crippen molar-refractivity contribution in [3.05, 3.63) is 30.3 Å². The lowest BCUT2D eigenvalue weighted by atomic mass is 9.93. The fraction of sp³-hybridized carbons (Fsp3) is 0.529. The second-order valence-electron chi connectivity index (χ2n) is 6.32. The molecule has 0 saturated carbocycles. The first kappa shape index (κ1) is 22.2. The first-order valence-corrected chi connectivity index (χ1v) is 7.94. The second kappa shape index (κ2) is 9.49. The number of anilines is 1. The number of para-hydroxylation sites is 1. The molecule has 0 saturated heterocycles. The second-order valence-corrected chi connectivity index (χ2v) is 6.32. The van der Waals surface area contributed by atoms with E-state index in [2.05, 4.69) is 16.0 Å². The van der Waals surface area contributed by atoms with Crippen LogP contribution in [0.25, 0.3) is 0 Å². The summed E-state index contributed by atoms with van der Waals surface area (Å²) in [4.78, 5) is 24.3. The van der Waals surface area contributed by atoms with Crippen molar-refractivity contribution in [3.8, 4) is 0 Å². The van der Waals surface area contributed by atoms with E-state index in [-0.39, 0.29) is 18.3 Å². The predicted molar refractivity (Wildman–Crippen MR) is 100 cm³/mol. The Bertz CT molecular complexity index is 531. The van der Waals surface area contributed by atoms with E-state index < -0.39 is 17.1 Å². The maximum Gasteiger partial charge on any atom is 0.320 e. The number of carbonyl (C=O) groups is 2. The van der Waals surface area contributed by atoms with Crippen molar-refractivity contribution in [1.82, 2.24) is 10.6 Å². The number of carbonyl (C=O) groups excluding carboxylic acids is 2. The molecule has 7 heteroatoms. The smallest absolute Gasteiger partial charge is 0.320 e. The Balaban J connectivity index is 0.00000529. The number of amides is 3. The summed E-state index contributed by atoms with van der Waals surface area (Å²) in [6.07, 6.45) is 1.54. The minimum absolute atomic E-state index is 0. The van der Waals surface area contributed by atoms with Crippen molar-refractivity contribution in [3.63, 3.8) is 0 Å². The fourth-order valence-corrected chi connectivity index (χ4v) is 2.00. The lowest BCUT2D eigenvalue weighted by molar-refractivity contribution is -0.126. The third kappa shape index (κ3) is 6.76. The van der Waals surface area contributed by atoms with Crippen molar-refractivity contribution in [1.29, 1.82) is 0 Å². The van der Waals surface area contributed by atoms with E-state index in [9.17, 15) is 9.59 Å². The van der Waals surface area contributed by atoms with E-state index in [1.165, 1.54) is 0 Å². The molecule has 0 bridgehead atoms. The largest absolute Gasteiger partial charge is 0.352 e. The van der Waals surface area contributed by atoms with Crippen LogP contribution in [0.3, 0.4) is 0 Å². The Morgan fingerprint density at radius 1 is 1.08 bits per heavy atom. The summed E-state index contributed by atoms with van der Waals surface area (Å²) in [6.45, 7) is 7.68. The van der Waals surface area contributed by atoms with Crippen LogP contribution in [-0.2, 0) is 4.79 Å². The van der Waals surface area contributed by atoms with Gasteiger partial charge in [0.15, 0.2) is 0 Å². The molecule has 1 aromatic rings. The lowest BCUT2D eigenvalue weighted by Gasteiger charge is -2.30. The zero-order valence-corrected chi connectivity index (χ0v) is 15.6. The molecule has 0 radical (unpaired) electrons. The van der Waals surface area contributed by atoms with Gasteiger partial charge in [-0.05, 0) is 38.8 Å². The molecule has 136 valence electrons. The Hall–Kier alpha value is -1.79. The summed E-state index contributed by atoms with van der Waals surface area (Å²) in [6, 6.07) is 8.63. The molecule has 0 fully saturated rings. The molecule has 1 rings (SSSR count). The molecule has 3 amide bonds. The maximum atomic E-state index is 12.3. The highest BCUT2D eigenvalue weighted by Gasteiger charge is 2.31. The Labute approximate surface area is 150 Å². The number of hydrogen-bond donors (Lipinski definition) is 4. The number of benzene rings is 1. The zero-order chi connectivity index (χ0) is 17.5. The van der Waals surface area contributed by atoms with Gasteiger partial charge in [-0.15, -0.1) is 12.4 Å². The van der Waals surface area contributed by atoms with Gasteiger partial charge in [0.2, 0.25) is 5.91 Å². The first-order valence-electron chi connectivity index (χ1n) is 7.94. The van der Waals surface area contributed by atoms with E-state index in [1.807, 2.05) is 32.0 Å². The quantitative estimate of drug-likeness (QED) is 0.604. The maximum absolute atomic E-state index is 12.3. The number of hydrogen-bond acceptors (Lipinski definition) is 3. The van der Waals surface area contributed by atoms with Crippen molar-refractivity contribution < 1.29 is 9.59 Å². The average Bonchev–Trinajstić information content (AvgIpc) is 2.52. The molecule has 0 aliphatic heterocycles. The van der Waals surface area contributed by atoms with Crippen molar-refractivity contribution in [2.24, 2.45) is 5.73 Å². The summed E-state index contributed by atoms with van der Waals surface area (Å²) in [7, 11) is 0. The van der Waals surface area contributed by atoms with Crippen LogP contribution < -0.4 is 21.7 Å². The summed E-state index contributed by atoms with van der Waals surface area (Å²) in [5.74, 6) is -0.266. The Morgan fingerprint density at radius 2 is 1.62 bits per heavy atom. The molecule has 0 aromatic heterocycles. The van der Waals surface area contributed by atoms with Crippen LogP contribution in [0.2, 0.25) is 0 Å². The van der Waals surface area contributed by atoms with E-state index >= 15 is 0 Å². The molecule has 1 aromatic carbocycles. The number of rotatable bonds is 7. The molecule has 6 nitrogen and oxygen atoms in total. The van der Waals surface area contributed by atoms with Crippen LogP contribution in [0.4, 0.5) is 10.5 Å². The first-order chi connectivity index (χ1) is 10.7. The van der Waals surface area contributed by atoms with Crippen molar-refractivity contribution in [2.45, 2.75) is 51.6 Å². The van der Waals surface area contributed by atoms with Crippen LogP contribution in [0.15, 0.2) is 30.3 Å². The van der Waals surface area contributed by atoms with Crippen LogP contribution in [0.1, 0.15) is 40.5 Å². The number of nitrogens with one attached hydrogen (secondary N) is 3. The summed E-state index contributed by atoms with van der Waals surface area (Å²) in [5.41, 5.74) is 5.38. The highest BCUT2D eigenvalue weighted by Crippen LogP contribution is 2.11. The standard InChI is InChI=1S/C17H28N4O2.ClH/c1-5-17(18,6-2)12-19-14(22)16(3,4)21-15(23)20-13-10-8-7-9-11-13;/h7-11H,5-6,12,18H2,1-4H3,(H,19,22)(H2,20,21,23);1H. The van der Waals surface area contributed by atoms with Gasteiger partial charge in [0.25, 0.3) is 0 Å². The molecular weight excluding hydrogens is 328 g/mol. The van der Waals surface area contributed by atoms with Gasteiger partial charge in [-0.3, -0.25) is 4.79 Å². The topological polar surface area (TPSA) is 96.2 Å². The van der Waals surface area contributed by atoms with E-state index in [0.29, 0.717) is 12.2 Å². The van der Waals surface area contributed by atoms with Crippen LogP contribution in [0, 0.1) is 0 Å². The zero-order valence-electron chi connectivity index (χ0n) is 14.8. The number of halogens is 1. The summed E-state index contributed by atoms with van der Waals surface area (Å²) >= 11 is 0. The molecule has 0 spiro atoms.